The van der Waals surface area contributed by atoms with Crippen molar-refractivity contribution >= 4 is 5.71 Å². The molecule has 0 saturated carbocycles. The average molecular weight is 431 g/mol. The number of aliphatic hydroxyl groups excluding tert-OH is 1. The number of rotatable bonds is 10. The molecule has 0 unspecified atom stereocenters. The number of ether oxygens (including phenoxy) is 1. The third kappa shape index (κ3) is 6.19. The molecule has 1 aliphatic heterocycles. The summed E-state index contributed by atoms with van der Waals surface area (Å²) in [6.07, 6.45) is 0.860. The molecule has 0 bridgehead atoms. The van der Waals surface area contributed by atoms with E-state index in [9.17, 15) is 5.11 Å². The molecule has 5 heteroatoms. The lowest BCUT2D eigenvalue weighted by Gasteiger charge is -2.27. The highest BCUT2D eigenvalue weighted by Crippen LogP contribution is 2.20. The molecule has 0 amide bonds. The van der Waals surface area contributed by atoms with Crippen molar-refractivity contribution in [1.29, 1.82) is 0 Å². The fraction of sp³-hybridized carbons (Fsp3) is 0.296. The average Bonchev–Trinajstić information content (AvgIpc) is 3.29. The van der Waals surface area contributed by atoms with Crippen molar-refractivity contribution < 1.29 is 14.7 Å². The summed E-state index contributed by atoms with van der Waals surface area (Å²) >= 11 is 0. The van der Waals surface area contributed by atoms with Gasteiger partial charge in [0.25, 0.3) is 0 Å². The maximum Gasteiger partial charge on any atom is 0.145 e. The number of hydrogen-bond acceptors (Lipinski definition) is 5. The van der Waals surface area contributed by atoms with E-state index in [2.05, 4.69) is 40.4 Å². The second kappa shape index (κ2) is 10.9. The van der Waals surface area contributed by atoms with E-state index in [4.69, 9.17) is 9.57 Å². The van der Waals surface area contributed by atoms with Crippen LogP contribution in [0.1, 0.15) is 23.1 Å². The number of hydrogen-bond donors (Lipinski definition) is 1. The van der Waals surface area contributed by atoms with Gasteiger partial charge in [0.15, 0.2) is 0 Å². The van der Waals surface area contributed by atoms with E-state index in [1.54, 1.807) is 7.11 Å². The SMILES string of the molecule is COc1cccc(CN(C[C@@H](O)Cc2ccccc2)C[C@@H]2CC(c3ccccc3)=NO2)c1. The summed E-state index contributed by atoms with van der Waals surface area (Å²) in [5.74, 6) is 0.832. The second-order valence-electron chi connectivity index (χ2n) is 8.22. The van der Waals surface area contributed by atoms with Crippen molar-refractivity contribution in [3.05, 3.63) is 102 Å². The lowest BCUT2D eigenvalue weighted by Crippen LogP contribution is -2.38. The summed E-state index contributed by atoms with van der Waals surface area (Å²) in [7, 11) is 1.68. The number of benzene rings is 3. The van der Waals surface area contributed by atoms with Crippen LogP contribution in [0.5, 0.6) is 5.75 Å². The first-order valence-corrected chi connectivity index (χ1v) is 11.0. The second-order valence-corrected chi connectivity index (χ2v) is 8.22. The first-order valence-electron chi connectivity index (χ1n) is 11.0. The molecule has 5 nitrogen and oxygen atoms in total. The van der Waals surface area contributed by atoms with Crippen molar-refractivity contribution in [1.82, 2.24) is 4.90 Å². The van der Waals surface area contributed by atoms with Crippen LogP contribution in [0.15, 0.2) is 90.1 Å². The molecule has 166 valence electrons. The Balaban J connectivity index is 1.42. The van der Waals surface area contributed by atoms with Crippen LogP contribution >= 0.6 is 0 Å². The van der Waals surface area contributed by atoms with Crippen LogP contribution in [0, 0.1) is 0 Å². The van der Waals surface area contributed by atoms with Gasteiger partial charge < -0.3 is 14.7 Å². The molecule has 0 saturated heterocycles. The van der Waals surface area contributed by atoms with Gasteiger partial charge in [-0.05, 0) is 35.2 Å². The number of oxime groups is 1. The topological polar surface area (TPSA) is 54.3 Å². The Morgan fingerprint density at radius 1 is 1.00 bits per heavy atom. The van der Waals surface area contributed by atoms with Crippen LogP contribution in [0.4, 0.5) is 0 Å². The van der Waals surface area contributed by atoms with Crippen molar-refractivity contribution in [3.8, 4) is 5.75 Å². The van der Waals surface area contributed by atoms with E-state index in [0.717, 1.165) is 34.6 Å². The third-order valence-electron chi connectivity index (χ3n) is 5.63. The minimum atomic E-state index is -0.473. The minimum absolute atomic E-state index is 0.0419. The molecule has 2 atom stereocenters. The molecule has 1 N–H and O–H groups in total. The van der Waals surface area contributed by atoms with Gasteiger partial charge in [0.2, 0.25) is 0 Å². The van der Waals surface area contributed by atoms with Crippen LogP contribution in [-0.4, -0.2) is 48.1 Å². The van der Waals surface area contributed by atoms with Gasteiger partial charge in [-0.15, -0.1) is 0 Å². The van der Waals surface area contributed by atoms with Gasteiger partial charge in [-0.2, -0.15) is 0 Å². The maximum absolute atomic E-state index is 10.8. The monoisotopic (exact) mass is 430 g/mol. The molecule has 0 aromatic heterocycles. The van der Waals surface area contributed by atoms with Crippen molar-refractivity contribution in [2.24, 2.45) is 5.16 Å². The van der Waals surface area contributed by atoms with Gasteiger partial charge in [-0.1, -0.05) is 78.0 Å². The molecule has 1 heterocycles. The molecule has 4 rings (SSSR count). The highest BCUT2D eigenvalue weighted by Gasteiger charge is 2.25. The van der Waals surface area contributed by atoms with E-state index < -0.39 is 6.10 Å². The molecule has 32 heavy (non-hydrogen) atoms. The Bertz CT molecular complexity index is 1010. The van der Waals surface area contributed by atoms with Crippen molar-refractivity contribution in [2.75, 3.05) is 20.2 Å². The smallest absolute Gasteiger partial charge is 0.145 e. The number of methoxy groups -OCH3 is 1. The van der Waals surface area contributed by atoms with Gasteiger partial charge in [-0.25, -0.2) is 0 Å². The Kier molecular flexibility index (Phi) is 7.54. The van der Waals surface area contributed by atoms with Crippen LogP contribution in [0.25, 0.3) is 0 Å². The molecule has 0 aliphatic carbocycles. The summed E-state index contributed by atoms with van der Waals surface area (Å²) < 4.78 is 5.38. The normalized spacial score (nSPS) is 16.5. The molecule has 3 aromatic rings. The highest BCUT2D eigenvalue weighted by atomic mass is 16.6. The summed E-state index contributed by atoms with van der Waals surface area (Å²) in [4.78, 5) is 8.02. The van der Waals surface area contributed by atoms with E-state index >= 15 is 0 Å². The third-order valence-corrected chi connectivity index (χ3v) is 5.63. The van der Waals surface area contributed by atoms with Gasteiger partial charge in [0.1, 0.15) is 11.9 Å². The van der Waals surface area contributed by atoms with Crippen LogP contribution in [-0.2, 0) is 17.8 Å². The van der Waals surface area contributed by atoms with Gasteiger partial charge in [-0.3, -0.25) is 4.90 Å². The Hall–Kier alpha value is -3.15. The fourth-order valence-electron chi connectivity index (χ4n) is 4.10. The van der Waals surface area contributed by atoms with E-state index in [1.165, 1.54) is 0 Å². The summed E-state index contributed by atoms with van der Waals surface area (Å²) in [5, 5.41) is 15.1. The Labute approximate surface area is 189 Å². The largest absolute Gasteiger partial charge is 0.497 e. The van der Waals surface area contributed by atoms with Gasteiger partial charge in [0, 0.05) is 26.1 Å². The van der Waals surface area contributed by atoms with Crippen molar-refractivity contribution in [2.45, 2.75) is 31.6 Å². The van der Waals surface area contributed by atoms with Crippen LogP contribution < -0.4 is 4.74 Å². The highest BCUT2D eigenvalue weighted by molar-refractivity contribution is 6.01. The zero-order valence-electron chi connectivity index (χ0n) is 18.4. The predicted octanol–water partition coefficient (Wildman–Crippen LogP) is 4.29. The van der Waals surface area contributed by atoms with Gasteiger partial charge in [0.05, 0.1) is 18.9 Å². The molecule has 3 aromatic carbocycles. The fourth-order valence-corrected chi connectivity index (χ4v) is 4.10. The van der Waals surface area contributed by atoms with E-state index in [0.29, 0.717) is 26.1 Å². The molecule has 0 radical (unpaired) electrons. The maximum atomic E-state index is 10.8. The summed E-state index contributed by atoms with van der Waals surface area (Å²) in [6, 6.07) is 28.3. The predicted molar refractivity (Wildman–Crippen MR) is 127 cm³/mol. The van der Waals surface area contributed by atoms with Gasteiger partial charge >= 0.3 is 0 Å². The lowest BCUT2D eigenvalue weighted by molar-refractivity contribution is 0.0322. The molecule has 0 fully saturated rings. The molecular weight excluding hydrogens is 400 g/mol. The standard InChI is InChI=1S/C27H30N2O3/c1-31-25-14-8-11-22(16-25)18-29(19-24(30)15-21-9-4-2-5-10-21)20-26-17-27(28-32-26)23-12-6-3-7-13-23/h2-14,16,24,26,30H,15,17-20H2,1H3/t24-,26-/m0/s1. The first kappa shape index (κ1) is 22.1. The Morgan fingerprint density at radius 2 is 1.72 bits per heavy atom. The van der Waals surface area contributed by atoms with E-state index in [1.807, 2.05) is 54.6 Å². The Morgan fingerprint density at radius 3 is 2.47 bits per heavy atom. The first-order chi connectivity index (χ1) is 15.7. The zero-order chi connectivity index (χ0) is 22.2. The van der Waals surface area contributed by atoms with Crippen LogP contribution in [0.3, 0.4) is 0 Å². The van der Waals surface area contributed by atoms with E-state index in [-0.39, 0.29) is 6.10 Å². The zero-order valence-corrected chi connectivity index (χ0v) is 18.4. The summed E-state index contributed by atoms with van der Waals surface area (Å²) in [6.45, 7) is 1.93. The number of aliphatic hydroxyl groups is 1. The lowest BCUT2D eigenvalue weighted by atomic mass is 10.0. The summed E-state index contributed by atoms with van der Waals surface area (Å²) in [5.41, 5.74) is 4.34. The molecule has 0 spiro atoms. The van der Waals surface area contributed by atoms with Crippen molar-refractivity contribution in [3.63, 3.8) is 0 Å². The molecule has 1 aliphatic rings. The minimum Gasteiger partial charge on any atom is -0.497 e. The quantitative estimate of drug-likeness (QED) is 0.521. The molecular formula is C27H30N2O3. The number of nitrogens with zero attached hydrogens (tertiary/aromatic N) is 2. The van der Waals surface area contributed by atoms with Crippen LogP contribution in [0.2, 0.25) is 0 Å².